The molecular weight excluding hydrogens is 257 g/mol. The van der Waals surface area contributed by atoms with Gasteiger partial charge in [0, 0.05) is 7.05 Å². The summed E-state index contributed by atoms with van der Waals surface area (Å²) in [7, 11) is 1.50. The van der Waals surface area contributed by atoms with Gasteiger partial charge in [0.25, 0.3) is 5.56 Å². The lowest BCUT2D eigenvalue weighted by Gasteiger charge is -2.05. The predicted octanol–water partition coefficient (Wildman–Crippen LogP) is -0.828. The van der Waals surface area contributed by atoms with Gasteiger partial charge >= 0.3 is 5.69 Å². The van der Waals surface area contributed by atoms with E-state index in [9.17, 15) is 9.59 Å². The summed E-state index contributed by atoms with van der Waals surface area (Å²) in [5.74, 6) is 0.187. The second-order valence-corrected chi connectivity index (χ2v) is 3.04. The Morgan fingerprint density at radius 1 is 1.50 bits per heavy atom. The third-order valence-corrected chi connectivity index (χ3v) is 2.04. The Kier molecular flexibility index (Phi) is 5.62. The zero-order valence-corrected chi connectivity index (χ0v) is 9.91. The van der Waals surface area contributed by atoms with Crippen molar-refractivity contribution in [2.75, 3.05) is 7.05 Å². The molecule has 0 aromatic carbocycles. The lowest BCUT2D eigenvalue weighted by atomic mass is 10.4. The molecule has 0 fully saturated rings. The largest absolute Gasteiger partial charge is 0.370 e. The molecule has 16 heavy (non-hydrogen) atoms. The molecule has 1 aromatic heterocycles. The average Bonchev–Trinajstić information content (AvgIpc) is 2.20. The van der Waals surface area contributed by atoms with Gasteiger partial charge in [-0.25, -0.2) is 4.79 Å². The Labute approximate surface area is 102 Å². The van der Waals surface area contributed by atoms with Gasteiger partial charge in [-0.05, 0) is 0 Å². The van der Waals surface area contributed by atoms with Gasteiger partial charge in [-0.15, -0.1) is 12.4 Å². The van der Waals surface area contributed by atoms with E-state index in [1.165, 1.54) is 7.05 Å². The first-order valence-electron chi connectivity index (χ1n) is 4.01. The number of H-pyrrole nitrogens is 2. The fourth-order valence-electron chi connectivity index (χ4n) is 0.898. The van der Waals surface area contributed by atoms with Crippen LogP contribution in [0.15, 0.2) is 14.6 Å². The molecular formula is C7H11Cl2N5O2. The Morgan fingerprint density at radius 2 is 2.12 bits per heavy atom. The number of aliphatic imine (C=N–C) groups is 1. The third kappa shape index (κ3) is 3.59. The molecule has 0 spiro atoms. The highest BCUT2D eigenvalue weighted by atomic mass is 35.5. The van der Waals surface area contributed by atoms with Gasteiger partial charge in [0.15, 0.2) is 5.96 Å². The number of rotatable bonds is 2. The first-order chi connectivity index (χ1) is 7.04. The lowest BCUT2D eigenvalue weighted by Crippen LogP contribution is -2.33. The van der Waals surface area contributed by atoms with E-state index in [0.29, 0.717) is 0 Å². The fourth-order valence-corrected chi connectivity index (χ4v) is 1.06. The summed E-state index contributed by atoms with van der Waals surface area (Å²) < 4.78 is 0. The van der Waals surface area contributed by atoms with Crippen LogP contribution >= 0.6 is 24.0 Å². The number of hydrogen-bond donors (Lipinski definition) is 4. The minimum absolute atomic E-state index is 0. The highest BCUT2D eigenvalue weighted by Crippen LogP contribution is 2.03. The zero-order valence-electron chi connectivity index (χ0n) is 8.33. The normalized spacial score (nSPS) is 10.8. The minimum Gasteiger partial charge on any atom is -0.370 e. The van der Waals surface area contributed by atoms with Crippen LogP contribution in [0.1, 0.15) is 5.69 Å². The summed E-state index contributed by atoms with van der Waals surface area (Å²) in [6.07, 6.45) is 0. The van der Waals surface area contributed by atoms with Crippen molar-refractivity contribution < 1.29 is 0 Å². The number of nitrogens with zero attached hydrogens (tertiary/aromatic N) is 1. The van der Waals surface area contributed by atoms with Crippen LogP contribution in [-0.2, 0) is 6.54 Å². The van der Waals surface area contributed by atoms with Gasteiger partial charge < -0.3 is 16.0 Å². The quantitative estimate of drug-likeness (QED) is 0.414. The summed E-state index contributed by atoms with van der Waals surface area (Å²) >= 11 is 5.66. The van der Waals surface area contributed by atoms with E-state index in [2.05, 4.69) is 15.3 Å². The highest BCUT2D eigenvalue weighted by molar-refractivity contribution is 6.30. The van der Waals surface area contributed by atoms with Crippen molar-refractivity contribution in [3.05, 3.63) is 31.6 Å². The predicted molar refractivity (Wildman–Crippen MR) is 64.3 cm³/mol. The molecule has 0 aliphatic carbocycles. The van der Waals surface area contributed by atoms with Crippen LogP contribution in [0.2, 0.25) is 5.02 Å². The van der Waals surface area contributed by atoms with Crippen LogP contribution in [0.25, 0.3) is 0 Å². The third-order valence-electron chi connectivity index (χ3n) is 1.64. The van der Waals surface area contributed by atoms with Crippen LogP contribution in [-0.4, -0.2) is 23.0 Å². The van der Waals surface area contributed by atoms with E-state index in [4.69, 9.17) is 17.3 Å². The summed E-state index contributed by atoms with van der Waals surface area (Å²) in [6.45, 7) is 0.126. The molecule has 0 unspecified atom stereocenters. The van der Waals surface area contributed by atoms with Crippen molar-refractivity contribution in [3.8, 4) is 0 Å². The van der Waals surface area contributed by atoms with Crippen LogP contribution in [0.5, 0.6) is 0 Å². The van der Waals surface area contributed by atoms with Gasteiger partial charge in [-0.2, -0.15) is 0 Å². The Hall–Kier alpha value is -1.47. The Morgan fingerprint density at radius 3 is 2.69 bits per heavy atom. The molecule has 0 aliphatic rings. The standard InChI is InChI=1S/C7H10ClN5O2.ClH/c1-10-6(9)11-2-3-4(8)5(14)13-7(15)12-3;/h2H2,1H3,(H3,9,10,11)(H2,12,13,14,15);1H. The Balaban J connectivity index is 0.00000225. The lowest BCUT2D eigenvalue weighted by molar-refractivity contribution is 0.834. The Bertz CT molecular complexity index is 492. The first-order valence-corrected chi connectivity index (χ1v) is 4.39. The van der Waals surface area contributed by atoms with E-state index in [1.54, 1.807) is 0 Å². The van der Waals surface area contributed by atoms with Crippen LogP contribution < -0.4 is 22.3 Å². The van der Waals surface area contributed by atoms with E-state index in [1.807, 2.05) is 4.98 Å². The number of nitrogens with one attached hydrogen (secondary N) is 3. The van der Waals surface area contributed by atoms with Gasteiger partial charge in [0.2, 0.25) is 0 Å². The van der Waals surface area contributed by atoms with Crippen molar-refractivity contribution in [1.82, 2.24) is 15.3 Å². The van der Waals surface area contributed by atoms with Gasteiger partial charge in [-0.3, -0.25) is 14.8 Å². The van der Waals surface area contributed by atoms with E-state index < -0.39 is 11.2 Å². The molecule has 0 amide bonds. The first kappa shape index (κ1) is 14.5. The number of hydrogen-bond acceptors (Lipinski definition) is 3. The summed E-state index contributed by atoms with van der Waals surface area (Å²) in [6, 6.07) is 0. The zero-order chi connectivity index (χ0) is 11.4. The molecule has 0 aliphatic heterocycles. The van der Waals surface area contributed by atoms with Crippen molar-refractivity contribution in [2.24, 2.45) is 10.7 Å². The second-order valence-electron chi connectivity index (χ2n) is 2.66. The van der Waals surface area contributed by atoms with Crippen molar-refractivity contribution in [1.29, 1.82) is 0 Å². The molecule has 0 atom stereocenters. The molecule has 90 valence electrons. The highest BCUT2D eigenvalue weighted by Gasteiger charge is 2.06. The van der Waals surface area contributed by atoms with Crippen LogP contribution in [0.4, 0.5) is 0 Å². The number of aromatic amines is 2. The average molecular weight is 268 g/mol. The second kappa shape index (κ2) is 6.19. The molecule has 0 radical (unpaired) electrons. The summed E-state index contributed by atoms with van der Waals surface area (Å²) in [5.41, 5.74) is 4.37. The minimum atomic E-state index is -0.635. The monoisotopic (exact) mass is 267 g/mol. The molecule has 9 heteroatoms. The molecule has 1 aromatic rings. The van der Waals surface area contributed by atoms with Gasteiger partial charge in [0.1, 0.15) is 5.02 Å². The van der Waals surface area contributed by atoms with E-state index in [-0.39, 0.29) is 35.6 Å². The molecule has 0 bridgehead atoms. The van der Waals surface area contributed by atoms with E-state index >= 15 is 0 Å². The van der Waals surface area contributed by atoms with E-state index in [0.717, 1.165) is 0 Å². The van der Waals surface area contributed by atoms with Crippen LogP contribution in [0, 0.1) is 0 Å². The topological polar surface area (TPSA) is 116 Å². The SMILES string of the molecule is CN=C(N)NCc1[nH]c(=O)[nH]c(=O)c1Cl.Cl. The smallest absolute Gasteiger partial charge is 0.326 e. The fraction of sp³-hybridized carbons (Fsp3) is 0.286. The maximum atomic E-state index is 11.1. The summed E-state index contributed by atoms with van der Waals surface area (Å²) in [4.78, 5) is 30.0. The van der Waals surface area contributed by atoms with Crippen LogP contribution in [0.3, 0.4) is 0 Å². The molecule has 0 saturated carbocycles. The molecule has 1 heterocycles. The molecule has 0 saturated heterocycles. The van der Waals surface area contributed by atoms with Crippen molar-refractivity contribution >= 4 is 30.0 Å². The maximum absolute atomic E-state index is 11.1. The molecule has 5 N–H and O–H groups in total. The number of aromatic nitrogens is 2. The summed E-state index contributed by atoms with van der Waals surface area (Å²) in [5, 5.41) is 2.59. The molecule has 7 nitrogen and oxygen atoms in total. The van der Waals surface area contributed by atoms with Gasteiger partial charge in [0.05, 0.1) is 12.2 Å². The molecule has 1 rings (SSSR count). The van der Waals surface area contributed by atoms with Crippen molar-refractivity contribution in [3.63, 3.8) is 0 Å². The number of nitrogens with two attached hydrogens (primary N) is 1. The number of guanidine groups is 1. The van der Waals surface area contributed by atoms with Gasteiger partial charge in [-0.1, -0.05) is 11.6 Å². The van der Waals surface area contributed by atoms with Crippen molar-refractivity contribution in [2.45, 2.75) is 6.54 Å². The number of halogens is 2. The maximum Gasteiger partial charge on any atom is 0.326 e.